The molecule has 8 heteroatoms. The van der Waals surface area contributed by atoms with Crippen molar-refractivity contribution in [2.75, 3.05) is 30.3 Å². The van der Waals surface area contributed by atoms with E-state index in [1.807, 2.05) is 0 Å². The van der Waals surface area contributed by atoms with Crippen LogP contribution in [0.25, 0.3) is 0 Å². The molecule has 1 amide bonds. The van der Waals surface area contributed by atoms with Crippen LogP contribution in [0.2, 0.25) is 0 Å². The van der Waals surface area contributed by atoms with Crippen LogP contribution in [0.5, 0.6) is 0 Å². The molecule has 1 saturated carbocycles. The van der Waals surface area contributed by atoms with Gasteiger partial charge in [-0.1, -0.05) is 11.3 Å². The van der Waals surface area contributed by atoms with Gasteiger partial charge in [0.1, 0.15) is 10.7 Å². The van der Waals surface area contributed by atoms with Gasteiger partial charge in [0.25, 0.3) is 5.91 Å². The van der Waals surface area contributed by atoms with Gasteiger partial charge in [0.05, 0.1) is 6.10 Å². The summed E-state index contributed by atoms with van der Waals surface area (Å²) in [5, 5.41) is 12.9. The Morgan fingerprint density at radius 2 is 2.29 bits per heavy atom. The van der Waals surface area contributed by atoms with Crippen LogP contribution in [0.3, 0.4) is 0 Å². The van der Waals surface area contributed by atoms with E-state index in [-0.39, 0.29) is 23.9 Å². The Labute approximate surface area is 127 Å². The maximum atomic E-state index is 12.2. The quantitative estimate of drug-likeness (QED) is 0.610. The van der Waals surface area contributed by atoms with Crippen molar-refractivity contribution in [2.45, 2.75) is 31.4 Å². The Kier molecular flexibility index (Phi) is 4.01. The van der Waals surface area contributed by atoms with E-state index in [0.717, 1.165) is 37.5 Å². The van der Waals surface area contributed by atoms with Gasteiger partial charge in [0.15, 0.2) is 5.13 Å². The number of nitrogens with one attached hydrogen (secondary N) is 1. The summed E-state index contributed by atoms with van der Waals surface area (Å²) in [5.74, 6) is 0.469. The first kappa shape index (κ1) is 14.6. The zero-order chi connectivity index (χ0) is 15.0. The average molecular weight is 311 g/mol. The van der Waals surface area contributed by atoms with Crippen molar-refractivity contribution < 1.29 is 9.90 Å². The number of hydrogen-bond acceptors (Lipinski definition) is 7. The first-order valence-corrected chi connectivity index (χ1v) is 8.07. The van der Waals surface area contributed by atoms with Crippen molar-refractivity contribution in [1.29, 1.82) is 0 Å². The molecule has 7 nitrogen and oxygen atoms in total. The maximum Gasteiger partial charge on any atom is 0.265 e. The van der Waals surface area contributed by atoms with Crippen LogP contribution in [-0.2, 0) is 0 Å². The molecule has 1 aromatic heterocycles. The number of aliphatic hydroxyl groups is 1. The van der Waals surface area contributed by atoms with Crippen LogP contribution in [0.1, 0.15) is 28.9 Å². The van der Waals surface area contributed by atoms with Crippen molar-refractivity contribution >= 4 is 28.2 Å². The van der Waals surface area contributed by atoms with Crippen molar-refractivity contribution in [3.05, 3.63) is 4.88 Å². The predicted octanol–water partition coefficient (Wildman–Crippen LogP) is -0.237. The highest BCUT2D eigenvalue weighted by Crippen LogP contribution is 2.30. The molecule has 1 saturated heterocycles. The molecule has 21 heavy (non-hydrogen) atoms. The number of nitrogens with two attached hydrogens (primary N) is 2. The lowest BCUT2D eigenvalue weighted by Crippen LogP contribution is -2.38. The van der Waals surface area contributed by atoms with Gasteiger partial charge in [-0.05, 0) is 25.2 Å². The molecule has 116 valence electrons. The van der Waals surface area contributed by atoms with E-state index in [0.29, 0.717) is 17.3 Å². The second-order valence-electron chi connectivity index (χ2n) is 5.91. The molecule has 2 heterocycles. The molecule has 0 bridgehead atoms. The zero-order valence-electron chi connectivity index (χ0n) is 11.8. The molecule has 1 aliphatic heterocycles. The SMILES string of the molecule is Nc1nc(N2CCC(N)C2)sc1C(=O)NCC1CC(O)C1. The van der Waals surface area contributed by atoms with Crippen LogP contribution in [0, 0.1) is 5.92 Å². The van der Waals surface area contributed by atoms with E-state index in [2.05, 4.69) is 15.2 Å². The fourth-order valence-corrected chi connectivity index (χ4v) is 3.70. The van der Waals surface area contributed by atoms with Crippen molar-refractivity contribution in [3.63, 3.8) is 0 Å². The number of carbonyl (C=O) groups is 1. The van der Waals surface area contributed by atoms with E-state index in [9.17, 15) is 9.90 Å². The van der Waals surface area contributed by atoms with Gasteiger partial charge in [-0.3, -0.25) is 4.79 Å². The normalized spacial score (nSPS) is 28.5. The lowest BCUT2D eigenvalue weighted by atomic mass is 9.82. The van der Waals surface area contributed by atoms with E-state index in [4.69, 9.17) is 11.5 Å². The highest BCUT2D eigenvalue weighted by Gasteiger charge is 2.28. The number of amides is 1. The van der Waals surface area contributed by atoms with Gasteiger partial charge in [0, 0.05) is 25.7 Å². The fraction of sp³-hybridized carbons (Fsp3) is 0.692. The van der Waals surface area contributed by atoms with Crippen LogP contribution < -0.4 is 21.7 Å². The zero-order valence-corrected chi connectivity index (χ0v) is 12.6. The third kappa shape index (κ3) is 3.12. The number of aromatic nitrogens is 1. The van der Waals surface area contributed by atoms with Crippen LogP contribution in [0.4, 0.5) is 10.9 Å². The van der Waals surface area contributed by atoms with Crippen molar-refractivity contribution in [3.8, 4) is 0 Å². The Morgan fingerprint density at radius 3 is 2.90 bits per heavy atom. The molecule has 0 aromatic carbocycles. The van der Waals surface area contributed by atoms with Crippen LogP contribution in [0.15, 0.2) is 0 Å². The summed E-state index contributed by atoms with van der Waals surface area (Å²) in [5.41, 5.74) is 11.7. The summed E-state index contributed by atoms with van der Waals surface area (Å²) >= 11 is 1.32. The molecular formula is C13H21N5O2S. The molecule has 1 atom stereocenters. The Balaban J connectivity index is 1.59. The smallest absolute Gasteiger partial charge is 0.265 e. The van der Waals surface area contributed by atoms with E-state index < -0.39 is 0 Å². The number of anilines is 2. The second kappa shape index (κ2) is 5.78. The van der Waals surface area contributed by atoms with Gasteiger partial charge < -0.3 is 26.8 Å². The van der Waals surface area contributed by atoms with Gasteiger partial charge in [-0.2, -0.15) is 0 Å². The van der Waals surface area contributed by atoms with E-state index in [1.54, 1.807) is 0 Å². The number of hydrogen-bond donors (Lipinski definition) is 4. The largest absolute Gasteiger partial charge is 0.393 e. The molecule has 6 N–H and O–H groups in total. The molecule has 1 unspecified atom stereocenters. The summed E-state index contributed by atoms with van der Waals surface area (Å²) in [6.07, 6.45) is 2.25. The highest BCUT2D eigenvalue weighted by molar-refractivity contribution is 7.18. The highest BCUT2D eigenvalue weighted by atomic mass is 32.1. The summed E-state index contributed by atoms with van der Waals surface area (Å²) in [6.45, 7) is 2.19. The second-order valence-corrected chi connectivity index (χ2v) is 6.88. The molecule has 1 aromatic rings. The van der Waals surface area contributed by atoms with Crippen molar-refractivity contribution in [1.82, 2.24) is 10.3 Å². The van der Waals surface area contributed by atoms with Gasteiger partial charge >= 0.3 is 0 Å². The molecule has 0 spiro atoms. The van der Waals surface area contributed by atoms with Crippen molar-refractivity contribution in [2.24, 2.45) is 11.7 Å². The summed E-state index contributed by atoms with van der Waals surface area (Å²) in [6, 6.07) is 0.164. The molecular weight excluding hydrogens is 290 g/mol. The molecule has 3 rings (SSSR count). The minimum absolute atomic E-state index is 0.164. The minimum atomic E-state index is -0.202. The van der Waals surface area contributed by atoms with E-state index >= 15 is 0 Å². The number of aliphatic hydroxyl groups excluding tert-OH is 1. The number of nitrogen functional groups attached to an aromatic ring is 1. The Hall–Kier alpha value is -1.38. The summed E-state index contributed by atoms with van der Waals surface area (Å²) < 4.78 is 0. The molecule has 2 fully saturated rings. The van der Waals surface area contributed by atoms with Gasteiger partial charge in [0.2, 0.25) is 0 Å². The number of carbonyl (C=O) groups excluding carboxylic acids is 1. The average Bonchev–Trinajstić information content (AvgIpc) is 2.99. The summed E-state index contributed by atoms with van der Waals surface area (Å²) in [4.78, 5) is 19.0. The Bertz CT molecular complexity index is 529. The summed E-state index contributed by atoms with van der Waals surface area (Å²) in [7, 11) is 0. The monoisotopic (exact) mass is 311 g/mol. The first-order chi connectivity index (χ1) is 10.0. The molecule has 1 aliphatic carbocycles. The standard InChI is InChI=1S/C13H21N5O2S/c14-8-1-2-18(6-8)13-17-11(15)10(21-13)12(20)16-5-7-3-9(19)4-7/h7-9,19H,1-6,14-15H2,(H,16,20). The lowest BCUT2D eigenvalue weighted by molar-refractivity contribution is 0.0420. The Morgan fingerprint density at radius 1 is 1.52 bits per heavy atom. The lowest BCUT2D eigenvalue weighted by Gasteiger charge is -2.31. The molecule has 2 aliphatic rings. The minimum Gasteiger partial charge on any atom is -0.393 e. The maximum absolute atomic E-state index is 12.2. The van der Waals surface area contributed by atoms with Gasteiger partial charge in [-0.25, -0.2) is 4.98 Å². The fourth-order valence-electron chi connectivity index (χ4n) is 2.76. The number of thiazole rings is 1. The predicted molar refractivity (Wildman–Crippen MR) is 82.4 cm³/mol. The topological polar surface area (TPSA) is 118 Å². The van der Waals surface area contributed by atoms with Crippen LogP contribution in [-0.4, -0.2) is 47.8 Å². The third-order valence-corrected chi connectivity index (χ3v) is 5.24. The third-order valence-electron chi connectivity index (χ3n) is 4.11. The van der Waals surface area contributed by atoms with Crippen LogP contribution >= 0.6 is 11.3 Å². The number of nitrogens with zero attached hydrogens (tertiary/aromatic N) is 2. The first-order valence-electron chi connectivity index (χ1n) is 7.26. The molecule has 0 radical (unpaired) electrons. The van der Waals surface area contributed by atoms with Gasteiger partial charge in [-0.15, -0.1) is 0 Å². The van der Waals surface area contributed by atoms with E-state index in [1.165, 1.54) is 11.3 Å². The number of rotatable bonds is 4.